The van der Waals surface area contributed by atoms with Crippen LogP contribution in [0.1, 0.15) is 33.1 Å². The molecule has 1 aliphatic rings. The molecule has 1 N–H and O–H groups in total. The van der Waals surface area contributed by atoms with Gasteiger partial charge in [0, 0.05) is 36.7 Å². The van der Waals surface area contributed by atoms with Crippen LogP contribution >= 0.6 is 0 Å². The number of rotatable bonds is 5. The van der Waals surface area contributed by atoms with Gasteiger partial charge in [0.2, 0.25) is 0 Å². The van der Waals surface area contributed by atoms with Crippen molar-refractivity contribution >= 4 is 11.6 Å². The molecule has 0 aliphatic carbocycles. The topological polar surface area (TPSA) is 45.2 Å². The maximum atomic E-state index is 12.7. The van der Waals surface area contributed by atoms with E-state index in [9.17, 15) is 4.79 Å². The highest BCUT2D eigenvalue weighted by molar-refractivity contribution is 5.95. The number of nitrogens with one attached hydrogen (secondary N) is 1. The molecule has 1 atom stereocenters. The van der Waals surface area contributed by atoms with Crippen molar-refractivity contribution in [1.29, 1.82) is 0 Å². The number of benzene rings is 2. The monoisotopic (exact) mass is 357 g/mol. The molecule has 4 heteroatoms. The maximum Gasteiger partial charge on any atom is 0.251 e. The summed E-state index contributed by atoms with van der Waals surface area (Å²) in [6.07, 6.45) is 4.70. The number of nitrogens with zero attached hydrogens (tertiary/aromatic N) is 2. The minimum absolute atomic E-state index is 0.0329. The second-order valence-electron chi connectivity index (χ2n) is 6.90. The van der Waals surface area contributed by atoms with Crippen LogP contribution in [-0.2, 0) is 6.42 Å². The average Bonchev–Trinajstić information content (AvgIpc) is 3.13. The number of pyridine rings is 1. The van der Waals surface area contributed by atoms with E-state index in [1.807, 2.05) is 43.5 Å². The first-order valence-corrected chi connectivity index (χ1v) is 9.32. The third-order valence-electron chi connectivity index (χ3n) is 5.21. The Kier molecular flexibility index (Phi) is 4.88. The van der Waals surface area contributed by atoms with Crippen LogP contribution in [0.5, 0.6) is 0 Å². The third-order valence-corrected chi connectivity index (χ3v) is 5.21. The number of aryl methyl sites for hydroxylation is 1. The number of carbonyl (C=O) groups excluding carboxylic acids is 1. The van der Waals surface area contributed by atoms with Gasteiger partial charge < -0.3 is 10.2 Å². The Balaban J connectivity index is 1.59. The van der Waals surface area contributed by atoms with Crippen molar-refractivity contribution in [3.05, 3.63) is 95.3 Å². The maximum absolute atomic E-state index is 12.7. The van der Waals surface area contributed by atoms with Crippen LogP contribution in [0, 0.1) is 6.92 Å². The Morgan fingerprint density at radius 2 is 1.93 bits per heavy atom. The van der Waals surface area contributed by atoms with E-state index >= 15 is 0 Å². The first-order valence-electron chi connectivity index (χ1n) is 9.32. The third kappa shape index (κ3) is 3.56. The van der Waals surface area contributed by atoms with Gasteiger partial charge in [0.1, 0.15) is 0 Å². The van der Waals surface area contributed by atoms with Gasteiger partial charge >= 0.3 is 0 Å². The van der Waals surface area contributed by atoms with E-state index in [0.717, 1.165) is 29.7 Å². The lowest BCUT2D eigenvalue weighted by molar-refractivity contribution is 0.0950. The number of amides is 1. The molecule has 4 nitrogen and oxygen atoms in total. The first kappa shape index (κ1) is 17.3. The molecule has 136 valence electrons. The number of aromatic nitrogens is 1. The molecule has 0 saturated heterocycles. The van der Waals surface area contributed by atoms with Gasteiger partial charge in [-0.2, -0.15) is 0 Å². The van der Waals surface area contributed by atoms with Gasteiger partial charge in [-0.25, -0.2) is 0 Å². The Hall–Kier alpha value is -3.14. The number of anilines is 1. The molecule has 0 radical (unpaired) electrons. The zero-order chi connectivity index (χ0) is 18.6. The number of fused-ring (bicyclic) bond motifs is 1. The van der Waals surface area contributed by atoms with Crippen molar-refractivity contribution in [2.45, 2.75) is 19.4 Å². The summed E-state index contributed by atoms with van der Waals surface area (Å²) in [6.45, 7) is 3.44. The summed E-state index contributed by atoms with van der Waals surface area (Å²) in [5.74, 6) is -0.0329. The van der Waals surface area contributed by atoms with Gasteiger partial charge in [0.05, 0.1) is 6.04 Å². The summed E-state index contributed by atoms with van der Waals surface area (Å²) < 4.78 is 0. The number of carbonyl (C=O) groups is 1. The number of hydrogen-bond donors (Lipinski definition) is 1. The molecule has 1 aromatic heterocycles. The lowest BCUT2D eigenvalue weighted by atomic mass is 10.1. The van der Waals surface area contributed by atoms with Gasteiger partial charge in [-0.1, -0.05) is 42.5 Å². The summed E-state index contributed by atoms with van der Waals surface area (Å²) in [5, 5.41) is 3.14. The van der Waals surface area contributed by atoms with Gasteiger partial charge in [0.25, 0.3) is 5.91 Å². The molecule has 0 unspecified atom stereocenters. The molecule has 3 aromatic rings. The zero-order valence-corrected chi connectivity index (χ0v) is 15.4. The lowest BCUT2D eigenvalue weighted by Gasteiger charge is -2.31. The molecule has 0 fully saturated rings. The fraction of sp³-hybridized carbons (Fsp3) is 0.217. The zero-order valence-electron chi connectivity index (χ0n) is 15.4. The highest BCUT2D eigenvalue weighted by atomic mass is 16.1. The van der Waals surface area contributed by atoms with Crippen LogP contribution in [0.3, 0.4) is 0 Å². The fourth-order valence-corrected chi connectivity index (χ4v) is 3.78. The molecular formula is C23H23N3O. The Labute approximate surface area is 159 Å². The summed E-state index contributed by atoms with van der Waals surface area (Å²) in [7, 11) is 0. The summed E-state index contributed by atoms with van der Waals surface area (Å²) in [5.41, 5.74) is 5.43. The number of hydrogen-bond acceptors (Lipinski definition) is 3. The van der Waals surface area contributed by atoms with E-state index in [0.29, 0.717) is 6.54 Å². The predicted octanol–water partition coefficient (Wildman–Crippen LogP) is 3.92. The molecule has 2 aromatic carbocycles. The quantitative estimate of drug-likeness (QED) is 0.753. The molecule has 2 heterocycles. The minimum Gasteiger partial charge on any atom is -0.362 e. The second-order valence-corrected chi connectivity index (χ2v) is 6.90. The van der Waals surface area contributed by atoms with Crippen LogP contribution < -0.4 is 10.2 Å². The largest absolute Gasteiger partial charge is 0.362 e. The van der Waals surface area contributed by atoms with Crippen LogP contribution in [0.4, 0.5) is 5.69 Å². The first-order chi connectivity index (χ1) is 13.2. The minimum atomic E-state index is -0.0329. The van der Waals surface area contributed by atoms with E-state index in [-0.39, 0.29) is 11.9 Å². The van der Waals surface area contributed by atoms with Gasteiger partial charge in [0.15, 0.2) is 0 Å². The molecular weight excluding hydrogens is 334 g/mol. The van der Waals surface area contributed by atoms with E-state index in [1.54, 1.807) is 6.20 Å². The van der Waals surface area contributed by atoms with Crippen molar-refractivity contribution < 1.29 is 4.79 Å². The molecule has 4 rings (SSSR count). The lowest BCUT2D eigenvalue weighted by Crippen LogP contribution is -2.37. The summed E-state index contributed by atoms with van der Waals surface area (Å²) in [6, 6.07) is 20.3. The highest BCUT2D eigenvalue weighted by Gasteiger charge is 2.27. The average molecular weight is 357 g/mol. The summed E-state index contributed by atoms with van der Waals surface area (Å²) >= 11 is 0. The number of para-hydroxylation sites is 1. The van der Waals surface area contributed by atoms with Crippen molar-refractivity contribution in [2.75, 3.05) is 18.0 Å². The molecule has 27 heavy (non-hydrogen) atoms. The Morgan fingerprint density at radius 1 is 1.11 bits per heavy atom. The second kappa shape index (κ2) is 7.62. The van der Waals surface area contributed by atoms with Crippen LogP contribution in [0.15, 0.2) is 73.1 Å². The predicted molar refractivity (Wildman–Crippen MR) is 108 cm³/mol. The molecule has 0 saturated carbocycles. The van der Waals surface area contributed by atoms with E-state index < -0.39 is 0 Å². The van der Waals surface area contributed by atoms with Crippen molar-refractivity contribution in [2.24, 2.45) is 0 Å². The van der Waals surface area contributed by atoms with Gasteiger partial charge in [-0.3, -0.25) is 9.78 Å². The van der Waals surface area contributed by atoms with Crippen molar-refractivity contribution in [1.82, 2.24) is 10.3 Å². The molecule has 1 aliphatic heterocycles. The SMILES string of the molecule is Cc1ccccc1C(=O)NC[C@@H](c1cccnc1)N1CCc2ccccc21. The normalized spacial score (nSPS) is 13.9. The fourth-order valence-electron chi connectivity index (χ4n) is 3.78. The Morgan fingerprint density at radius 3 is 2.74 bits per heavy atom. The van der Waals surface area contributed by atoms with E-state index in [1.165, 1.54) is 11.3 Å². The van der Waals surface area contributed by atoms with E-state index in [2.05, 4.69) is 45.5 Å². The van der Waals surface area contributed by atoms with Gasteiger partial charge in [-0.05, 0) is 48.2 Å². The smallest absolute Gasteiger partial charge is 0.251 e. The van der Waals surface area contributed by atoms with Crippen LogP contribution in [0.25, 0.3) is 0 Å². The standard InChI is InChI=1S/C23H23N3O/c1-17-7-2-4-10-20(17)23(27)25-16-22(19-9-6-13-24-15-19)26-14-12-18-8-3-5-11-21(18)26/h2-11,13,15,22H,12,14,16H2,1H3,(H,25,27)/t22-/m0/s1. The van der Waals surface area contributed by atoms with Crippen LogP contribution in [-0.4, -0.2) is 24.0 Å². The van der Waals surface area contributed by atoms with Crippen molar-refractivity contribution in [3.8, 4) is 0 Å². The van der Waals surface area contributed by atoms with Crippen LogP contribution in [0.2, 0.25) is 0 Å². The Bertz CT molecular complexity index is 939. The van der Waals surface area contributed by atoms with Gasteiger partial charge in [-0.15, -0.1) is 0 Å². The molecule has 0 bridgehead atoms. The summed E-state index contributed by atoms with van der Waals surface area (Å²) in [4.78, 5) is 19.4. The molecule has 0 spiro atoms. The van der Waals surface area contributed by atoms with E-state index in [4.69, 9.17) is 0 Å². The van der Waals surface area contributed by atoms with Crippen molar-refractivity contribution in [3.63, 3.8) is 0 Å². The highest BCUT2D eigenvalue weighted by Crippen LogP contribution is 2.34. The molecule has 1 amide bonds.